The van der Waals surface area contributed by atoms with Crippen molar-refractivity contribution in [1.29, 1.82) is 0 Å². The number of quaternary nitrogens is 1. The fourth-order valence-corrected chi connectivity index (χ4v) is 3.05. The fourth-order valence-electron chi connectivity index (χ4n) is 2.93. The van der Waals surface area contributed by atoms with Gasteiger partial charge >= 0.3 is 0 Å². The molecule has 0 aliphatic rings. The topological polar surface area (TPSA) is 0 Å². The maximum atomic E-state index is 5.95. The van der Waals surface area contributed by atoms with E-state index in [1.54, 1.807) is 0 Å². The van der Waals surface area contributed by atoms with Gasteiger partial charge in [0.25, 0.3) is 0 Å². The minimum atomic E-state index is 0.827. The molecule has 0 aromatic carbocycles. The van der Waals surface area contributed by atoms with Gasteiger partial charge in [0.2, 0.25) is 0 Å². The van der Waals surface area contributed by atoms with E-state index in [1.807, 2.05) is 0 Å². The highest BCUT2D eigenvalue weighted by Gasteiger charge is 2.25. The average molecular weight is 291 g/mol. The summed E-state index contributed by atoms with van der Waals surface area (Å²) in [6.07, 6.45) is 12.1. The maximum absolute atomic E-state index is 5.95. The first-order valence-electron chi connectivity index (χ1n) is 8.65. The predicted molar refractivity (Wildman–Crippen MR) is 89.0 cm³/mol. The quantitative estimate of drug-likeness (QED) is 0.221. The molecule has 0 fully saturated rings. The largest absolute Gasteiger partial charge is 0.324 e. The lowest BCUT2D eigenvalue weighted by Gasteiger charge is -2.39. The van der Waals surface area contributed by atoms with Crippen LogP contribution in [0.1, 0.15) is 78.6 Å². The number of hydrogen-bond donors (Lipinski definition) is 0. The number of unbranched alkanes of at least 4 members (excludes halogenated alkanes) is 5. The van der Waals surface area contributed by atoms with Crippen LogP contribution >= 0.6 is 11.6 Å². The van der Waals surface area contributed by atoms with Gasteiger partial charge in [-0.25, -0.2) is 0 Å². The Morgan fingerprint density at radius 1 is 0.579 bits per heavy atom. The first kappa shape index (κ1) is 19.2. The lowest BCUT2D eigenvalue weighted by atomic mass is 10.1. The SMILES string of the molecule is CCCCCC[N+](CCCC)(CCCC)CCCCl. The minimum absolute atomic E-state index is 0.827. The highest BCUT2D eigenvalue weighted by atomic mass is 35.5. The third kappa shape index (κ3) is 9.73. The Balaban J connectivity index is 4.38. The molecule has 0 heterocycles. The summed E-state index contributed by atoms with van der Waals surface area (Å²) in [5.74, 6) is 0.827. The zero-order chi connectivity index (χ0) is 14.4. The molecule has 0 N–H and O–H groups in total. The van der Waals surface area contributed by atoms with Crippen LogP contribution < -0.4 is 0 Å². The van der Waals surface area contributed by atoms with Crippen molar-refractivity contribution >= 4 is 11.6 Å². The summed E-state index contributed by atoms with van der Waals surface area (Å²) < 4.78 is 1.35. The van der Waals surface area contributed by atoms with Crippen molar-refractivity contribution in [3.63, 3.8) is 0 Å². The van der Waals surface area contributed by atoms with E-state index in [-0.39, 0.29) is 0 Å². The van der Waals surface area contributed by atoms with Crippen LogP contribution in [0, 0.1) is 0 Å². The van der Waals surface area contributed by atoms with E-state index in [0.717, 1.165) is 5.88 Å². The Morgan fingerprint density at radius 2 is 1.05 bits per heavy atom. The van der Waals surface area contributed by atoms with Crippen molar-refractivity contribution in [2.45, 2.75) is 78.6 Å². The molecule has 2 heteroatoms. The van der Waals surface area contributed by atoms with Crippen molar-refractivity contribution in [3.8, 4) is 0 Å². The molecule has 0 aromatic rings. The van der Waals surface area contributed by atoms with Gasteiger partial charge in [-0.15, -0.1) is 11.6 Å². The third-order valence-corrected chi connectivity index (χ3v) is 4.49. The fraction of sp³-hybridized carbons (Fsp3) is 1.00. The number of alkyl halides is 1. The van der Waals surface area contributed by atoms with E-state index in [4.69, 9.17) is 11.6 Å². The molecule has 0 atom stereocenters. The smallest absolute Gasteiger partial charge is 0.0798 e. The molecule has 0 aliphatic heterocycles. The maximum Gasteiger partial charge on any atom is 0.0798 e. The second kappa shape index (κ2) is 13.2. The van der Waals surface area contributed by atoms with Crippen molar-refractivity contribution < 1.29 is 4.48 Å². The molecule has 0 saturated carbocycles. The Morgan fingerprint density at radius 3 is 1.53 bits per heavy atom. The molecule has 1 nitrogen and oxygen atoms in total. The van der Waals surface area contributed by atoms with Crippen molar-refractivity contribution in [2.75, 3.05) is 32.1 Å². The Hall–Kier alpha value is 0.250. The molecule has 0 aliphatic carbocycles. The number of hydrogen-bond acceptors (Lipinski definition) is 0. The van der Waals surface area contributed by atoms with Gasteiger partial charge in [0, 0.05) is 12.3 Å². The summed E-state index contributed by atoms with van der Waals surface area (Å²) in [5, 5.41) is 0. The zero-order valence-electron chi connectivity index (χ0n) is 13.7. The first-order valence-corrected chi connectivity index (χ1v) is 9.19. The van der Waals surface area contributed by atoms with Gasteiger partial charge in [0.15, 0.2) is 0 Å². The summed E-state index contributed by atoms with van der Waals surface area (Å²) >= 11 is 5.95. The van der Waals surface area contributed by atoms with E-state index in [9.17, 15) is 0 Å². The molecule has 19 heavy (non-hydrogen) atoms. The van der Waals surface area contributed by atoms with Crippen LogP contribution in [-0.2, 0) is 0 Å². The van der Waals surface area contributed by atoms with Crippen LogP contribution in [0.5, 0.6) is 0 Å². The Labute approximate surface area is 127 Å². The number of nitrogens with zero attached hydrogens (tertiary/aromatic N) is 1. The van der Waals surface area contributed by atoms with Crippen LogP contribution in [0.4, 0.5) is 0 Å². The molecule has 0 aromatic heterocycles. The molecule has 0 saturated heterocycles. The summed E-state index contributed by atoms with van der Waals surface area (Å²) in [4.78, 5) is 0. The molecular formula is C17H37ClN+. The lowest BCUT2D eigenvalue weighted by molar-refractivity contribution is -0.928. The van der Waals surface area contributed by atoms with Crippen LogP contribution in [0.15, 0.2) is 0 Å². The number of rotatable bonds is 14. The lowest BCUT2D eigenvalue weighted by Crippen LogP contribution is -2.50. The second-order valence-electron chi connectivity index (χ2n) is 6.05. The summed E-state index contributed by atoms with van der Waals surface area (Å²) in [5.41, 5.74) is 0. The van der Waals surface area contributed by atoms with Crippen LogP contribution in [-0.4, -0.2) is 36.5 Å². The zero-order valence-corrected chi connectivity index (χ0v) is 14.5. The van der Waals surface area contributed by atoms with E-state index < -0.39 is 0 Å². The van der Waals surface area contributed by atoms with Gasteiger partial charge in [0.05, 0.1) is 26.2 Å². The minimum Gasteiger partial charge on any atom is -0.324 e. The van der Waals surface area contributed by atoms with E-state index in [1.165, 1.54) is 88.4 Å². The van der Waals surface area contributed by atoms with Crippen LogP contribution in [0.3, 0.4) is 0 Å². The molecule has 0 rings (SSSR count). The normalized spacial score (nSPS) is 12.0. The third-order valence-electron chi connectivity index (χ3n) is 4.22. The Kier molecular flexibility index (Phi) is 13.4. The van der Waals surface area contributed by atoms with E-state index >= 15 is 0 Å². The number of halogens is 1. The summed E-state index contributed by atoms with van der Waals surface area (Å²) in [7, 11) is 0. The van der Waals surface area contributed by atoms with Gasteiger partial charge < -0.3 is 4.48 Å². The van der Waals surface area contributed by atoms with Gasteiger partial charge in [0.1, 0.15) is 0 Å². The standard InChI is InChI=1S/C17H37ClN/c1-4-7-10-11-16-19(14-8-5-2,15-9-6-3)17-12-13-18/h4-17H2,1-3H3/q+1. The van der Waals surface area contributed by atoms with Gasteiger partial charge in [-0.1, -0.05) is 46.5 Å². The highest BCUT2D eigenvalue weighted by Crippen LogP contribution is 2.17. The van der Waals surface area contributed by atoms with E-state index in [2.05, 4.69) is 20.8 Å². The van der Waals surface area contributed by atoms with Crippen molar-refractivity contribution in [1.82, 2.24) is 0 Å². The van der Waals surface area contributed by atoms with Gasteiger partial charge in [-0.05, 0) is 25.7 Å². The average Bonchev–Trinajstić information content (AvgIpc) is 2.44. The molecule has 0 amide bonds. The van der Waals surface area contributed by atoms with Crippen molar-refractivity contribution in [2.24, 2.45) is 0 Å². The Bertz CT molecular complexity index is 160. The monoisotopic (exact) mass is 290 g/mol. The molecule has 0 spiro atoms. The predicted octanol–water partition coefficient (Wildman–Crippen LogP) is 5.61. The molecule has 0 bridgehead atoms. The molecular weight excluding hydrogens is 254 g/mol. The molecule has 0 unspecified atom stereocenters. The second-order valence-corrected chi connectivity index (χ2v) is 6.42. The van der Waals surface area contributed by atoms with Crippen LogP contribution in [0.25, 0.3) is 0 Å². The highest BCUT2D eigenvalue weighted by molar-refractivity contribution is 6.17. The first-order chi connectivity index (χ1) is 9.24. The molecule has 0 radical (unpaired) electrons. The van der Waals surface area contributed by atoms with Gasteiger partial charge in [-0.2, -0.15) is 0 Å². The van der Waals surface area contributed by atoms with Crippen molar-refractivity contribution in [3.05, 3.63) is 0 Å². The van der Waals surface area contributed by atoms with E-state index in [0.29, 0.717) is 0 Å². The van der Waals surface area contributed by atoms with Crippen LogP contribution in [0.2, 0.25) is 0 Å². The summed E-state index contributed by atoms with van der Waals surface area (Å²) in [6, 6.07) is 0. The summed E-state index contributed by atoms with van der Waals surface area (Å²) in [6.45, 7) is 12.4. The molecule has 116 valence electrons. The van der Waals surface area contributed by atoms with Gasteiger partial charge in [-0.3, -0.25) is 0 Å².